The quantitative estimate of drug-likeness (QED) is 0.859. The van der Waals surface area contributed by atoms with Gasteiger partial charge < -0.3 is 10.0 Å². The van der Waals surface area contributed by atoms with Gasteiger partial charge in [-0.1, -0.05) is 13.3 Å². The first-order chi connectivity index (χ1) is 7.99. The summed E-state index contributed by atoms with van der Waals surface area (Å²) < 4.78 is 13.9. The van der Waals surface area contributed by atoms with Crippen LogP contribution >= 0.6 is 0 Å². The van der Waals surface area contributed by atoms with Crippen molar-refractivity contribution in [3.63, 3.8) is 0 Å². The molecule has 5 heteroatoms. The van der Waals surface area contributed by atoms with E-state index >= 15 is 0 Å². The van der Waals surface area contributed by atoms with E-state index in [2.05, 4.69) is 4.98 Å². The van der Waals surface area contributed by atoms with Crippen molar-refractivity contribution in [1.29, 1.82) is 0 Å². The number of aromatic nitrogens is 1. The zero-order chi connectivity index (χ0) is 13.0. The fraction of sp³-hybridized carbons (Fsp3) is 0.500. The number of carboxylic acids is 1. The second-order valence-electron chi connectivity index (χ2n) is 4.05. The zero-order valence-electron chi connectivity index (χ0n) is 10.3. The molecule has 1 aromatic rings. The van der Waals surface area contributed by atoms with Crippen molar-refractivity contribution in [1.82, 2.24) is 4.98 Å². The van der Waals surface area contributed by atoms with Crippen LogP contribution in [-0.2, 0) is 0 Å². The van der Waals surface area contributed by atoms with E-state index in [9.17, 15) is 9.18 Å². The number of pyridine rings is 1. The number of anilines is 1. The summed E-state index contributed by atoms with van der Waals surface area (Å²) in [5, 5.41) is 8.83. The standard InChI is InChI=1S/C12H17FN2O2/c1-4-5-8(2)15(3)11-10(13)9(12(16)17)6-7-14-11/h6-8H,4-5H2,1-3H3,(H,16,17). The van der Waals surface area contributed by atoms with Gasteiger partial charge in [0.05, 0.1) is 0 Å². The Morgan fingerprint density at radius 3 is 2.82 bits per heavy atom. The highest BCUT2D eigenvalue weighted by atomic mass is 19.1. The first kappa shape index (κ1) is 13.4. The van der Waals surface area contributed by atoms with E-state index in [0.717, 1.165) is 12.8 Å². The highest BCUT2D eigenvalue weighted by Crippen LogP contribution is 2.21. The number of carbonyl (C=O) groups is 1. The summed E-state index contributed by atoms with van der Waals surface area (Å²) in [5.41, 5.74) is -0.342. The second kappa shape index (κ2) is 5.61. The van der Waals surface area contributed by atoms with E-state index in [1.165, 1.54) is 12.3 Å². The molecule has 0 aliphatic heterocycles. The Morgan fingerprint density at radius 1 is 1.65 bits per heavy atom. The molecule has 1 unspecified atom stereocenters. The number of hydrogen-bond acceptors (Lipinski definition) is 3. The average molecular weight is 240 g/mol. The minimum Gasteiger partial charge on any atom is -0.478 e. The molecule has 94 valence electrons. The SMILES string of the molecule is CCCC(C)N(C)c1nccc(C(=O)O)c1F. The molecule has 1 heterocycles. The van der Waals surface area contributed by atoms with Crippen molar-refractivity contribution < 1.29 is 14.3 Å². The van der Waals surface area contributed by atoms with Crippen LogP contribution in [0.1, 0.15) is 37.0 Å². The molecule has 4 nitrogen and oxygen atoms in total. The van der Waals surface area contributed by atoms with Gasteiger partial charge in [-0.3, -0.25) is 0 Å². The van der Waals surface area contributed by atoms with Gasteiger partial charge in [-0.2, -0.15) is 0 Å². The summed E-state index contributed by atoms with van der Waals surface area (Å²) in [6, 6.07) is 1.28. The highest BCUT2D eigenvalue weighted by Gasteiger charge is 2.20. The Balaban J connectivity index is 3.06. The van der Waals surface area contributed by atoms with E-state index in [4.69, 9.17) is 5.11 Å². The third kappa shape index (κ3) is 2.93. The number of rotatable bonds is 5. The Labute approximate surface area is 100 Å². The molecule has 1 atom stereocenters. The van der Waals surface area contributed by atoms with Crippen molar-refractivity contribution in [2.45, 2.75) is 32.7 Å². The molecule has 0 fully saturated rings. The molecule has 1 rings (SSSR count). The van der Waals surface area contributed by atoms with E-state index in [0.29, 0.717) is 0 Å². The van der Waals surface area contributed by atoms with Gasteiger partial charge in [0.15, 0.2) is 11.6 Å². The molecule has 0 saturated carbocycles. The van der Waals surface area contributed by atoms with Gasteiger partial charge in [-0.25, -0.2) is 14.2 Å². The fourth-order valence-corrected chi connectivity index (χ4v) is 1.66. The Hall–Kier alpha value is -1.65. The highest BCUT2D eigenvalue weighted by molar-refractivity contribution is 5.88. The van der Waals surface area contributed by atoms with Crippen molar-refractivity contribution in [3.8, 4) is 0 Å². The number of nitrogens with zero attached hydrogens (tertiary/aromatic N) is 2. The van der Waals surface area contributed by atoms with Gasteiger partial charge in [0, 0.05) is 19.3 Å². The lowest BCUT2D eigenvalue weighted by molar-refractivity contribution is 0.0691. The molecule has 0 aliphatic carbocycles. The van der Waals surface area contributed by atoms with E-state index in [1.807, 2.05) is 13.8 Å². The van der Waals surface area contributed by atoms with Gasteiger partial charge in [0.2, 0.25) is 0 Å². The Bertz CT molecular complexity index is 409. The van der Waals surface area contributed by atoms with Crippen LogP contribution in [-0.4, -0.2) is 29.1 Å². The molecule has 0 spiro atoms. The van der Waals surface area contributed by atoms with Crippen LogP contribution in [0.2, 0.25) is 0 Å². The summed E-state index contributed by atoms with van der Waals surface area (Å²) >= 11 is 0. The lowest BCUT2D eigenvalue weighted by atomic mass is 10.1. The van der Waals surface area contributed by atoms with Gasteiger partial charge in [0.1, 0.15) is 5.56 Å². The minimum absolute atomic E-state index is 0.0888. The Morgan fingerprint density at radius 2 is 2.29 bits per heavy atom. The van der Waals surface area contributed by atoms with Crippen LogP contribution in [0.25, 0.3) is 0 Å². The first-order valence-corrected chi connectivity index (χ1v) is 5.59. The first-order valence-electron chi connectivity index (χ1n) is 5.59. The molecule has 0 aromatic carbocycles. The van der Waals surface area contributed by atoms with Crippen LogP contribution in [0.4, 0.5) is 10.2 Å². The zero-order valence-corrected chi connectivity index (χ0v) is 10.3. The number of hydrogen-bond donors (Lipinski definition) is 1. The predicted octanol–water partition coefficient (Wildman–Crippen LogP) is 2.54. The minimum atomic E-state index is -1.28. The van der Waals surface area contributed by atoms with E-state index < -0.39 is 11.8 Å². The van der Waals surface area contributed by atoms with Crippen LogP contribution in [0.15, 0.2) is 12.3 Å². The molecule has 0 radical (unpaired) electrons. The van der Waals surface area contributed by atoms with E-state index in [-0.39, 0.29) is 17.4 Å². The van der Waals surface area contributed by atoms with Gasteiger partial charge in [0.25, 0.3) is 0 Å². The second-order valence-corrected chi connectivity index (χ2v) is 4.05. The third-order valence-corrected chi connectivity index (χ3v) is 2.80. The number of carboxylic acid groups (broad SMARTS) is 1. The molecule has 0 aliphatic rings. The summed E-state index contributed by atoms with van der Waals surface area (Å²) in [5.74, 6) is -1.96. The topological polar surface area (TPSA) is 53.4 Å². The third-order valence-electron chi connectivity index (χ3n) is 2.80. The fourth-order valence-electron chi connectivity index (χ4n) is 1.66. The van der Waals surface area contributed by atoms with Crippen LogP contribution in [0.5, 0.6) is 0 Å². The van der Waals surface area contributed by atoms with Crippen LogP contribution in [0, 0.1) is 5.82 Å². The van der Waals surface area contributed by atoms with Gasteiger partial charge >= 0.3 is 5.97 Å². The lowest BCUT2D eigenvalue weighted by Crippen LogP contribution is -2.30. The Kier molecular flexibility index (Phi) is 4.43. The molecule has 0 bridgehead atoms. The summed E-state index contributed by atoms with van der Waals surface area (Å²) in [6.07, 6.45) is 3.19. The van der Waals surface area contributed by atoms with Gasteiger partial charge in [-0.05, 0) is 19.4 Å². The van der Waals surface area contributed by atoms with E-state index in [1.54, 1.807) is 11.9 Å². The smallest absolute Gasteiger partial charge is 0.338 e. The summed E-state index contributed by atoms with van der Waals surface area (Å²) in [4.78, 5) is 16.4. The largest absolute Gasteiger partial charge is 0.478 e. The summed E-state index contributed by atoms with van der Waals surface area (Å²) in [6.45, 7) is 4.00. The molecular weight excluding hydrogens is 223 g/mol. The molecule has 1 N–H and O–H groups in total. The maximum atomic E-state index is 13.9. The number of halogens is 1. The lowest BCUT2D eigenvalue weighted by Gasteiger charge is -2.26. The van der Waals surface area contributed by atoms with Crippen molar-refractivity contribution >= 4 is 11.8 Å². The molecular formula is C12H17FN2O2. The van der Waals surface area contributed by atoms with Crippen molar-refractivity contribution in [2.24, 2.45) is 0 Å². The molecule has 17 heavy (non-hydrogen) atoms. The average Bonchev–Trinajstić information content (AvgIpc) is 2.28. The van der Waals surface area contributed by atoms with Crippen molar-refractivity contribution in [3.05, 3.63) is 23.6 Å². The molecule has 1 aromatic heterocycles. The normalized spacial score (nSPS) is 12.2. The summed E-state index contributed by atoms with van der Waals surface area (Å²) in [7, 11) is 1.72. The maximum Gasteiger partial charge on any atom is 0.338 e. The number of aromatic carboxylic acids is 1. The predicted molar refractivity (Wildman–Crippen MR) is 63.9 cm³/mol. The van der Waals surface area contributed by atoms with Crippen LogP contribution in [0.3, 0.4) is 0 Å². The monoisotopic (exact) mass is 240 g/mol. The van der Waals surface area contributed by atoms with Crippen molar-refractivity contribution in [2.75, 3.05) is 11.9 Å². The van der Waals surface area contributed by atoms with Gasteiger partial charge in [-0.15, -0.1) is 0 Å². The molecule has 0 saturated heterocycles. The van der Waals surface area contributed by atoms with Crippen LogP contribution < -0.4 is 4.90 Å². The molecule has 0 amide bonds. The maximum absolute atomic E-state index is 13.9.